The van der Waals surface area contributed by atoms with Gasteiger partial charge in [0.25, 0.3) is 10.1 Å². The van der Waals surface area contributed by atoms with Gasteiger partial charge in [0.1, 0.15) is 0 Å². The molecule has 6 nitrogen and oxygen atoms in total. The first-order valence-corrected chi connectivity index (χ1v) is 5.19. The number of para-hydroxylation sites is 1. The van der Waals surface area contributed by atoms with Gasteiger partial charge in [0, 0.05) is 0 Å². The Balaban J connectivity index is 0.000000292. The van der Waals surface area contributed by atoms with Gasteiger partial charge >= 0.3 is 0 Å². The minimum absolute atomic E-state index is 0.310. The van der Waals surface area contributed by atoms with Crippen molar-refractivity contribution in [2.24, 2.45) is 0 Å². The third-order valence-corrected chi connectivity index (χ3v) is 0.993. The quantitative estimate of drug-likeness (QED) is 0.371. The fourth-order valence-electron chi connectivity index (χ4n) is 0.519. The molecule has 4 N–H and O–H groups in total. The number of aromatic hydroxyl groups is 3. The highest BCUT2D eigenvalue weighted by molar-refractivity contribution is 7.85. The van der Waals surface area contributed by atoms with Gasteiger partial charge in [-0.05, 0) is 12.1 Å². The van der Waals surface area contributed by atoms with Crippen molar-refractivity contribution >= 4 is 10.1 Å². The van der Waals surface area contributed by atoms with Crippen molar-refractivity contribution in [1.29, 1.82) is 0 Å². The molecule has 0 atom stereocenters. The molecule has 1 aromatic rings. The average Bonchev–Trinajstić information content (AvgIpc) is 1.97. The summed E-state index contributed by atoms with van der Waals surface area (Å²) in [7, 11) is -3.67. The van der Waals surface area contributed by atoms with Crippen molar-refractivity contribution in [3.05, 3.63) is 18.2 Å². The third kappa shape index (κ3) is 6.09. The van der Waals surface area contributed by atoms with E-state index in [1.165, 1.54) is 18.2 Å². The fraction of sp³-hybridized carbons (Fsp3) is 0.143. The summed E-state index contributed by atoms with van der Waals surface area (Å²) in [6, 6.07) is 4.01. The molecule has 0 saturated heterocycles. The minimum atomic E-state index is -3.67. The maximum absolute atomic E-state index is 9.19. The Hall–Kier alpha value is -1.47. The molecule has 0 aliphatic heterocycles. The Labute approximate surface area is 80.8 Å². The number of phenols is 3. The lowest BCUT2D eigenvalue weighted by Crippen LogP contribution is -1.88. The first kappa shape index (κ1) is 12.5. The molecule has 0 amide bonds. The van der Waals surface area contributed by atoms with Crippen LogP contribution in [0.2, 0.25) is 0 Å². The predicted molar refractivity (Wildman–Crippen MR) is 48.9 cm³/mol. The normalized spacial score (nSPS) is 10.1. The van der Waals surface area contributed by atoms with E-state index in [4.69, 9.17) is 19.9 Å². The van der Waals surface area contributed by atoms with E-state index in [-0.39, 0.29) is 11.5 Å². The second kappa shape index (κ2) is 4.68. The fourth-order valence-corrected chi connectivity index (χ4v) is 0.519. The van der Waals surface area contributed by atoms with Crippen molar-refractivity contribution in [3.63, 3.8) is 0 Å². The molecule has 0 aliphatic rings. The average molecular weight is 222 g/mol. The summed E-state index contributed by atoms with van der Waals surface area (Å²) in [6.45, 7) is 0. The van der Waals surface area contributed by atoms with Gasteiger partial charge in [-0.15, -0.1) is 0 Å². The van der Waals surface area contributed by atoms with Gasteiger partial charge < -0.3 is 15.3 Å². The molecule has 0 radical (unpaired) electrons. The predicted octanol–water partition coefficient (Wildman–Crippen LogP) is 0.307. The molecule has 0 unspecified atom stereocenters. The summed E-state index contributed by atoms with van der Waals surface area (Å²) in [5, 5.41) is 26.1. The van der Waals surface area contributed by atoms with E-state index in [1.807, 2.05) is 0 Å². The molecular weight excluding hydrogens is 212 g/mol. The lowest BCUT2D eigenvalue weighted by atomic mass is 10.3. The van der Waals surface area contributed by atoms with Crippen LogP contribution in [0.15, 0.2) is 18.2 Å². The molecule has 0 bridgehead atoms. The van der Waals surface area contributed by atoms with Crippen molar-refractivity contribution in [2.45, 2.75) is 0 Å². The van der Waals surface area contributed by atoms with Crippen LogP contribution >= 0.6 is 0 Å². The molecule has 0 saturated carbocycles. The van der Waals surface area contributed by atoms with E-state index in [2.05, 4.69) is 0 Å². The summed E-state index contributed by atoms with van der Waals surface area (Å²) in [6.07, 6.45) is 0.715. The second-order valence-corrected chi connectivity index (χ2v) is 3.84. The van der Waals surface area contributed by atoms with Crippen LogP contribution in [0.3, 0.4) is 0 Å². The molecule has 1 rings (SSSR count). The van der Waals surface area contributed by atoms with Gasteiger partial charge in [-0.3, -0.25) is 4.55 Å². The zero-order valence-corrected chi connectivity index (χ0v) is 8.06. The number of phenolic OH excluding ortho intramolecular Hbond substituents is 3. The number of rotatable bonds is 0. The zero-order valence-electron chi connectivity index (χ0n) is 7.25. The van der Waals surface area contributed by atoms with E-state index < -0.39 is 15.9 Å². The first-order valence-electron chi connectivity index (χ1n) is 3.34. The number of hydrogen-bond donors (Lipinski definition) is 4. The van der Waals surface area contributed by atoms with Gasteiger partial charge in [0.15, 0.2) is 17.2 Å². The molecule has 0 aromatic heterocycles. The molecule has 0 heterocycles. The van der Waals surface area contributed by atoms with Crippen molar-refractivity contribution in [3.8, 4) is 17.2 Å². The molecule has 14 heavy (non-hydrogen) atoms. The SMILES string of the molecule is CS(=O)(=O)O.Oc1cccc(O)c1O. The van der Waals surface area contributed by atoms with Gasteiger partial charge in [0.2, 0.25) is 0 Å². The highest BCUT2D eigenvalue weighted by Crippen LogP contribution is 2.32. The standard InChI is InChI=1S/C6H6O3.CH4O3S/c7-4-2-1-3-5(8)6(4)9;1-5(2,3)4/h1-3,7-9H;1H3,(H,2,3,4). The van der Waals surface area contributed by atoms with Crippen LogP contribution in [0, 0.1) is 0 Å². The largest absolute Gasteiger partial charge is 0.504 e. The van der Waals surface area contributed by atoms with Crippen LogP contribution in [-0.4, -0.2) is 34.5 Å². The van der Waals surface area contributed by atoms with Gasteiger partial charge in [0.05, 0.1) is 6.26 Å². The zero-order chi connectivity index (χ0) is 11.4. The van der Waals surface area contributed by atoms with Gasteiger partial charge in [-0.2, -0.15) is 8.42 Å². The van der Waals surface area contributed by atoms with E-state index in [1.54, 1.807) is 0 Å². The van der Waals surface area contributed by atoms with E-state index in [0.29, 0.717) is 6.26 Å². The molecule has 0 aliphatic carbocycles. The maximum atomic E-state index is 9.19. The van der Waals surface area contributed by atoms with Crippen molar-refractivity contribution < 1.29 is 28.3 Å². The van der Waals surface area contributed by atoms with Crippen molar-refractivity contribution in [1.82, 2.24) is 0 Å². The topological polar surface area (TPSA) is 115 Å². The number of benzene rings is 1. The van der Waals surface area contributed by atoms with E-state index >= 15 is 0 Å². The van der Waals surface area contributed by atoms with Crippen LogP contribution in [0.5, 0.6) is 17.2 Å². The smallest absolute Gasteiger partial charge is 0.261 e. The molecule has 7 heteroatoms. The van der Waals surface area contributed by atoms with Crippen LogP contribution in [0.25, 0.3) is 0 Å². The minimum Gasteiger partial charge on any atom is -0.504 e. The van der Waals surface area contributed by atoms with Gasteiger partial charge in [-0.25, -0.2) is 0 Å². The monoisotopic (exact) mass is 222 g/mol. The summed E-state index contributed by atoms with van der Waals surface area (Å²) in [4.78, 5) is 0. The Kier molecular flexibility index (Phi) is 4.19. The second-order valence-electron chi connectivity index (χ2n) is 2.38. The molecule has 0 fully saturated rings. The summed E-state index contributed by atoms with van der Waals surface area (Å²) in [5.41, 5.74) is 0. The summed E-state index contributed by atoms with van der Waals surface area (Å²) < 4.78 is 25.9. The summed E-state index contributed by atoms with van der Waals surface area (Å²) in [5.74, 6) is -1.09. The molecule has 80 valence electrons. The maximum Gasteiger partial charge on any atom is 0.261 e. The van der Waals surface area contributed by atoms with E-state index in [9.17, 15) is 8.42 Å². The van der Waals surface area contributed by atoms with Crippen LogP contribution < -0.4 is 0 Å². The highest BCUT2D eigenvalue weighted by Gasteiger charge is 2.00. The Morgan fingerprint density at radius 1 is 1.07 bits per heavy atom. The lowest BCUT2D eigenvalue weighted by Gasteiger charge is -1.96. The van der Waals surface area contributed by atoms with E-state index in [0.717, 1.165) is 0 Å². The Morgan fingerprint density at radius 2 is 1.36 bits per heavy atom. The third-order valence-electron chi connectivity index (χ3n) is 0.993. The highest BCUT2D eigenvalue weighted by atomic mass is 32.2. The van der Waals surface area contributed by atoms with Crippen LogP contribution in [-0.2, 0) is 10.1 Å². The lowest BCUT2D eigenvalue weighted by molar-refractivity contribution is 0.368. The molecule has 1 aromatic carbocycles. The number of hydrogen-bond acceptors (Lipinski definition) is 5. The molecular formula is C7H10O6S. The Morgan fingerprint density at radius 3 is 1.57 bits per heavy atom. The molecule has 0 spiro atoms. The van der Waals surface area contributed by atoms with Crippen LogP contribution in [0.4, 0.5) is 0 Å². The Bertz CT molecular complexity index is 368. The first-order chi connectivity index (χ1) is 6.22. The van der Waals surface area contributed by atoms with Gasteiger partial charge in [-0.1, -0.05) is 6.07 Å². The van der Waals surface area contributed by atoms with Crippen LogP contribution in [0.1, 0.15) is 0 Å². The van der Waals surface area contributed by atoms with Crippen molar-refractivity contribution in [2.75, 3.05) is 6.26 Å². The summed E-state index contributed by atoms with van der Waals surface area (Å²) >= 11 is 0.